The number of para-hydroxylation sites is 3. The van der Waals surface area contributed by atoms with Crippen LogP contribution in [0.25, 0.3) is 21.9 Å². The summed E-state index contributed by atoms with van der Waals surface area (Å²) in [5.74, 6) is 0.0102. The molecule has 5 aromatic rings. The number of hydrazone groups is 1. The highest BCUT2D eigenvalue weighted by atomic mass is 35.5. The summed E-state index contributed by atoms with van der Waals surface area (Å²) >= 11 is 7.41. The lowest BCUT2D eigenvalue weighted by molar-refractivity contribution is -0.118. The number of imidazole rings is 1. The summed E-state index contributed by atoms with van der Waals surface area (Å²) in [6.07, 6.45) is 3.52. The Bertz CT molecular complexity index is 1460. The van der Waals surface area contributed by atoms with E-state index in [4.69, 9.17) is 16.6 Å². The Hall–Kier alpha value is -3.55. The third-order valence-electron chi connectivity index (χ3n) is 5.22. The van der Waals surface area contributed by atoms with Crippen LogP contribution in [0.1, 0.15) is 11.1 Å². The van der Waals surface area contributed by atoms with Gasteiger partial charge in [0.1, 0.15) is 0 Å². The third kappa shape index (κ3) is 4.79. The van der Waals surface area contributed by atoms with E-state index in [-0.39, 0.29) is 11.7 Å². The van der Waals surface area contributed by atoms with Crippen LogP contribution in [-0.2, 0) is 11.3 Å². The number of benzene rings is 3. The minimum Gasteiger partial charge on any atom is -0.361 e. The molecule has 0 aliphatic rings. The van der Waals surface area contributed by atoms with Gasteiger partial charge in [0.15, 0.2) is 5.16 Å². The number of hydrogen-bond acceptors (Lipinski definition) is 4. The van der Waals surface area contributed by atoms with Gasteiger partial charge >= 0.3 is 0 Å². The monoisotopic (exact) mass is 473 g/mol. The highest BCUT2D eigenvalue weighted by molar-refractivity contribution is 7.99. The maximum Gasteiger partial charge on any atom is 0.250 e. The summed E-state index contributed by atoms with van der Waals surface area (Å²) < 4.78 is 2.12. The zero-order valence-corrected chi connectivity index (χ0v) is 19.1. The van der Waals surface area contributed by atoms with E-state index < -0.39 is 0 Å². The second-order valence-electron chi connectivity index (χ2n) is 7.47. The highest BCUT2D eigenvalue weighted by Gasteiger charge is 2.13. The van der Waals surface area contributed by atoms with Crippen LogP contribution in [0, 0.1) is 0 Å². The average Bonchev–Trinajstić information content (AvgIpc) is 3.41. The normalized spacial score (nSPS) is 11.5. The van der Waals surface area contributed by atoms with Gasteiger partial charge in [-0.2, -0.15) is 5.10 Å². The number of amides is 1. The predicted octanol–water partition coefficient (Wildman–Crippen LogP) is 5.46. The SMILES string of the molecule is O=C(CSc1nc2ccccc2n1Cc1ccc(Cl)cc1)N/N=C/c1c[nH]c2ccccc12. The molecule has 0 atom stereocenters. The number of H-pyrrole nitrogens is 1. The fourth-order valence-corrected chi connectivity index (χ4v) is 4.56. The molecular formula is C25H20ClN5OS. The summed E-state index contributed by atoms with van der Waals surface area (Å²) in [6.45, 7) is 0.639. The van der Waals surface area contributed by atoms with Gasteiger partial charge in [-0.05, 0) is 35.9 Å². The van der Waals surface area contributed by atoms with Crippen molar-refractivity contribution < 1.29 is 4.79 Å². The molecule has 0 spiro atoms. The minimum atomic E-state index is -0.193. The standard InChI is InChI=1S/C25H20ClN5OS/c26-19-11-9-17(10-12-19)15-31-23-8-4-3-7-22(23)29-25(31)33-16-24(32)30-28-14-18-13-27-21-6-2-1-5-20(18)21/h1-14,27H,15-16H2,(H,30,32)/b28-14+. The van der Waals surface area contributed by atoms with Crippen molar-refractivity contribution in [2.75, 3.05) is 5.75 Å². The van der Waals surface area contributed by atoms with Crippen LogP contribution in [0.2, 0.25) is 5.02 Å². The number of aromatic nitrogens is 3. The summed E-state index contributed by atoms with van der Waals surface area (Å²) in [5, 5.41) is 6.66. The molecule has 2 heterocycles. The van der Waals surface area contributed by atoms with Crippen molar-refractivity contribution in [1.29, 1.82) is 0 Å². The quantitative estimate of drug-likeness (QED) is 0.187. The fraction of sp³-hybridized carbons (Fsp3) is 0.0800. The molecule has 3 aromatic carbocycles. The molecule has 0 unspecified atom stereocenters. The molecule has 0 radical (unpaired) electrons. The lowest BCUT2D eigenvalue weighted by Gasteiger charge is -2.09. The van der Waals surface area contributed by atoms with Crippen molar-refractivity contribution >= 4 is 57.4 Å². The summed E-state index contributed by atoms with van der Waals surface area (Å²) in [6, 6.07) is 23.7. The molecule has 0 fully saturated rings. The summed E-state index contributed by atoms with van der Waals surface area (Å²) in [4.78, 5) is 20.3. The number of fused-ring (bicyclic) bond motifs is 2. The van der Waals surface area contributed by atoms with E-state index in [1.807, 2.05) is 79.0 Å². The van der Waals surface area contributed by atoms with Crippen molar-refractivity contribution in [3.05, 3.63) is 95.1 Å². The first-order chi connectivity index (χ1) is 16.2. The lowest BCUT2D eigenvalue weighted by atomic mass is 10.2. The van der Waals surface area contributed by atoms with Gasteiger partial charge in [0.2, 0.25) is 0 Å². The molecule has 0 aliphatic heterocycles. The lowest BCUT2D eigenvalue weighted by Crippen LogP contribution is -2.20. The second kappa shape index (κ2) is 9.52. The van der Waals surface area contributed by atoms with Gasteiger partial charge in [-0.25, -0.2) is 10.4 Å². The van der Waals surface area contributed by atoms with Crippen LogP contribution >= 0.6 is 23.4 Å². The van der Waals surface area contributed by atoms with Crippen LogP contribution in [0.15, 0.2) is 89.3 Å². The largest absolute Gasteiger partial charge is 0.361 e. The Balaban J connectivity index is 1.27. The number of hydrogen-bond donors (Lipinski definition) is 2. The highest BCUT2D eigenvalue weighted by Crippen LogP contribution is 2.25. The number of carbonyl (C=O) groups is 1. The number of nitrogens with one attached hydrogen (secondary N) is 2. The molecule has 33 heavy (non-hydrogen) atoms. The maximum absolute atomic E-state index is 12.4. The van der Waals surface area contributed by atoms with Crippen LogP contribution in [-0.4, -0.2) is 32.4 Å². The van der Waals surface area contributed by atoms with Crippen molar-refractivity contribution in [2.24, 2.45) is 5.10 Å². The molecular weight excluding hydrogens is 454 g/mol. The first-order valence-corrected chi connectivity index (χ1v) is 11.7. The predicted molar refractivity (Wildman–Crippen MR) is 135 cm³/mol. The molecule has 6 nitrogen and oxygen atoms in total. The van der Waals surface area contributed by atoms with Crippen LogP contribution in [0.5, 0.6) is 0 Å². The zero-order valence-electron chi connectivity index (χ0n) is 17.5. The molecule has 1 amide bonds. The number of halogens is 1. The Morgan fingerprint density at radius 2 is 1.88 bits per heavy atom. The van der Waals surface area contributed by atoms with E-state index in [1.165, 1.54) is 11.8 Å². The number of nitrogens with zero attached hydrogens (tertiary/aromatic N) is 3. The van der Waals surface area contributed by atoms with E-state index in [0.717, 1.165) is 38.2 Å². The van der Waals surface area contributed by atoms with Gasteiger partial charge < -0.3 is 9.55 Å². The Kier molecular flexibility index (Phi) is 6.15. The van der Waals surface area contributed by atoms with Gasteiger partial charge in [-0.3, -0.25) is 4.79 Å². The van der Waals surface area contributed by atoms with Gasteiger partial charge in [-0.1, -0.05) is 65.8 Å². The van der Waals surface area contributed by atoms with Crippen LogP contribution in [0.3, 0.4) is 0 Å². The van der Waals surface area contributed by atoms with Crippen molar-refractivity contribution in [2.45, 2.75) is 11.7 Å². The third-order valence-corrected chi connectivity index (χ3v) is 6.45. The number of rotatable bonds is 7. The fourth-order valence-electron chi connectivity index (χ4n) is 3.63. The summed E-state index contributed by atoms with van der Waals surface area (Å²) in [7, 11) is 0. The topological polar surface area (TPSA) is 75.1 Å². The molecule has 164 valence electrons. The first kappa shape index (κ1) is 21.3. The molecule has 0 saturated carbocycles. The average molecular weight is 474 g/mol. The number of carbonyl (C=O) groups excluding carboxylic acids is 1. The van der Waals surface area contributed by atoms with E-state index in [1.54, 1.807) is 6.21 Å². The molecule has 0 aliphatic carbocycles. The molecule has 2 N–H and O–H groups in total. The molecule has 0 bridgehead atoms. The van der Waals surface area contributed by atoms with E-state index in [0.29, 0.717) is 11.6 Å². The van der Waals surface area contributed by atoms with E-state index >= 15 is 0 Å². The molecule has 5 rings (SSSR count). The van der Waals surface area contributed by atoms with Crippen LogP contribution in [0.4, 0.5) is 0 Å². The van der Waals surface area contributed by atoms with E-state index in [2.05, 4.69) is 20.1 Å². The Morgan fingerprint density at radius 3 is 2.76 bits per heavy atom. The molecule has 2 aromatic heterocycles. The van der Waals surface area contributed by atoms with Gasteiger partial charge in [-0.15, -0.1) is 0 Å². The summed E-state index contributed by atoms with van der Waals surface area (Å²) in [5.41, 5.74) is 7.58. The second-order valence-corrected chi connectivity index (χ2v) is 8.85. The van der Waals surface area contributed by atoms with Crippen molar-refractivity contribution in [3.63, 3.8) is 0 Å². The van der Waals surface area contributed by atoms with Gasteiger partial charge in [0.25, 0.3) is 5.91 Å². The molecule has 0 saturated heterocycles. The Labute approximate surface area is 199 Å². The zero-order chi connectivity index (χ0) is 22.6. The molecule has 8 heteroatoms. The van der Waals surface area contributed by atoms with Crippen LogP contribution < -0.4 is 5.43 Å². The first-order valence-electron chi connectivity index (χ1n) is 10.4. The van der Waals surface area contributed by atoms with Crippen molar-refractivity contribution in [3.8, 4) is 0 Å². The number of aromatic amines is 1. The van der Waals surface area contributed by atoms with Crippen molar-refractivity contribution in [1.82, 2.24) is 20.0 Å². The number of thioether (sulfide) groups is 1. The minimum absolute atomic E-state index is 0.193. The van der Waals surface area contributed by atoms with Gasteiger partial charge in [0, 0.05) is 27.7 Å². The Morgan fingerprint density at radius 1 is 1.09 bits per heavy atom. The van der Waals surface area contributed by atoms with E-state index in [9.17, 15) is 4.79 Å². The van der Waals surface area contributed by atoms with Gasteiger partial charge in [0.05, 0.1) is 29.5 Å². The smallest absolute Gasteiger partial charge is 0.250 e. The maximum atomic E-state index is 12.4.